The van der Waals surface area contributed by atoms with Crippen molar-refractivity contribution in [3.05, 3.63) is 32.7 Å². The minimum Gasteiger partial charge on any atom is -0.356 e. The van der Waals surface area contributed by atoms with Crippen LogP contribution < -0.4 is 5.32 Å². The lowest BCUT2D eigenvalue weighted by Gasteiger charge is -2.03. The van der Waals surface area contributed by atoms with Crippen molar-refractivity contribution in [2.45, 2.75) is 13.3 Å². The number of carbonyl (C=O) groups is 1. The zero-order chi connectivity index (χ0) is 10.6. The van der Waals surface area contributed by atoms with Crippen molar-refractivity contribution in [2.24, 2.45) is 0 Å². The average molecular weight is 321 g/mol. The zero-order valence-electron chi connectivity index (χ0n) is 7.81. The highest BCUT2D eigenvalue weighted by Crippen LogP contribution is 2.20. The van der Waals surface area contributed by atoms with Crippen molar-refractivity contribution in [3.8, 4) is 0 Å². The van der Waals surface area contributed by atoms with Gasteiger partial charge in [0.1, 0.15) is 0 Å². The average Bonchev–Trinajstić information content (AvgIpc) is 2.01. The van der Waals surface area contributed by atoms with Crippen LogP contribution in [0.2, 0.25) is 0 Å². The maximum Gasteiger partial charge on any atom is 0.224 e. The molecule has 0 saturated heterocycles. The Kier molecular flexibility index (Phi) is 4.62. The summed E-state index contributed by atoms with van der Waals surface area (Å²) in [6.07, 6.45) is 0.422. The molecule has 0 spiro atoms. The maximum absolute atomic E-state index is 11.3. The molecule has 0 aromatic heterocycles. The van der Waals surface area contributed by atoms with Gasteiger partial charge in [0.15, 0.2) is 0 Å². The third kappa shape index (κ3) is 3.80. The first-order valence-electron chi connectivity index (χ1n) is 4.33. The number of carbonyl (C=O) groups excluding carboxylic acids is 1. The van der Waals surface area contributed by atoms with Gasteiger partial charge in [0.2, 0.25) is 5.91 Å². The smallest absolute Gasteiger partial charge is 0.224 e. The van der Waals surface area contributed by atoms with Crippen molar-refractivity contribution in [1.82, 2.24) is 5.32 Å². The molecule has 1 amide bonds. The number of benzene rings is 1. The Labute approximate surface area is 100 Å². The highest BCUT2D eigenvalue weighted by atomic mass is 79.9. The Hall–Kier alpha value is -0.350. The molecule has 1 aromatic carbocycles. The number of nitrogens with one attached hydrogen (secondary N) is 1. The first kappa shape index (κ1) is 11.7. The monoisotopic (exact) mass is 319 g/mol. The molecule has 1 rings (SSSR count). The SMILES string of the molecule is CCNC(=O)Cc1cc(Br)cc(Br)c1. The summed E-state index contributed by atoms with van der Waals surface area (Å²) in [5.41, 5.74) is 0.997. The van der Waals surface area contributed by atoms with Crippen LogP contribution in [0, 0.1) is 0 Å². The first-order valence-corrected chi connectivity index (χ1v) is 5.92. The molecular weight excluding hydrogens is 310 g/mol. The molecule has 0 atom stereocenters. The lowest BCUT2D eigenvalue weighted by molar-refractivity contribution is -0.120. The van der Waals surface area contributed by atoms with Gasteiger partial charge >= 0.3 is 0 Å². The fourth-order valence-electron chi connectivity index (χ4n) is 1.16. The Morgan fingerprint density at radius 1 is 1.29 bits per heavy atom. The second-order valence-electron chi connectivity index (χ2n) is 2.91. The molecule has 76 valence electrons. The molecule has 0 saturated carbocycles. The summed E-state index contributed by atoms with van der Waals surface area (Å²) in [5.74, 6) is 0.0532. The topological polar surface area (TPSA) is 29.1 Å². The normalized spacial score (nSPS) is 9.93. The number of hydrogen-bond acceptors (Lipinski definition) is 1. The van der Waals surface area contributed by atoms with Crippen LogP contribution in [0.25, 0.3) is 0 Å². The van der Waals surface area contributed by atoms with Crippen molar-refractivity contribution < 1.29 is 4.79 Å². The minimum absolute atomic E-state index is 0.0532. The van der Waals surface area contributed by atoms with Crippen LogP contribution in [-0.4, -0.2) is 12.5 Å². The number of amides is 1. The third-order valence-electron chi connectivity index (χ3n) is 1.66. The van der Waals surface area contributed by atoms with Crippen LogP contribution >= 0.6 is 31.9 Å². The third-order valence-corrected chi connectivity index (χ3v) is 2.58. The van der Waals surface area contributed by atoms with Gasteiger partial charge in [-0.3, -0.25) is 4.79 Å². The van der Waals surface area contributed by atoms with Crippen LogP contribution in [0.5, 0.6) is 0 Å². The molecular formula is C10H11Br2NO. The van der Waals surface area contributed by atoms with E-state index in [4.69, 9.17) is 0 Å². The molecule has 0 aliphatic heterocycles. The predicted octanol–water partition coefficient (Wildman–Crippen LogP) is 2.89. The molecule has 4 heteroatoms. The van der Waals surface area contributed by atoms with E-state index in [1.165, 1.54) is 0 Å². The van der Waals surface area contributed by atoms with Crippen LogP contribution in [-0.2, 0) is 11.2 Å². The minimum atomic E-state index is 0.0532. The summed E-state index contributed by atoms with van der Waals surface area (Å²) in [7, 11) is 0. The van der Waals surface area contributed by atoms with E-state index in [2.05, 4.69) is 37.2 Å². The van der Waals surface area contributed by atoms with E-state index in [-0.39, 0.29) is 5.91 Å². The van der Waals surface area contributed by atoms with E-state index >= 15 is 0 Å². The van der Waals surface area contributed by atoms with Gasteiger partial charge in [-0.1, -0.05) is 31.9 Å². The molecule has 0 radical (unpaired) electrons. The van der Waals surface area contributed by atoms with E-state index in [0.29, 0.717) is 13.0 Å². The fourth-order valence-corrected chi connectivity index (χ4v) is 2.55. The van der Waals surface area contributed by atoms with Crippen molar-refractivity contribution >= 4 is 37.8 Å². The van der Waals surface area contributed by atoms with Gasteiger partial charge in [0, 0.05) is 15.5 Å². The van der Waals surface area contributed by atoms with E-state index in [1.54, 1.807) is 0 Å². The van der Waals surface area contributed by atoms with E-state index < -0.39 is 0 Å². The predicted molar refractivity (Wildman–Crippen MR) is 64.2 cm³/mol. The Bertz CT molecular complexity index is 319. The van der Waals surface area contributed by atoms with E-state index in [0.717, 1.165) is 14.5 Å². The Morgan fingerprint density at radius 2 is 1.86 bits per heavy atom. The summed E-state index contributed by atoms with van der Waals surface area (Å²) in [6.45, 7) is 2.59. The first-order chi connectivity index (χ1) is 6.61. The summed E-state index contributed by atoms with van der Waals surface area (Å²) >= 11 is 6.76. The maximum atomic E-state index is 11.3. The van der Waals surface area contributed by atoms with Crippen molar-refractivity contribution in [1.29, 1.82) is 0 Å². The summed E-state index contributed by atoms with van der Waals surface area (Å²) < 4.78 is 1.96. The van der Waals surface area contributed by atoms with Gasteiger partial charge in [0.25, 0.3) is 0 Å². The molecule has 1 N–H and O–H groups in total. The molecule has 0 heterocycles. The van der Waals surface area contributed by atoms with E-state index in [9.17, 15) is 4.79 Å². The zero-order valence-corrected chi connectivity index (χ0v) is 11.0. The molecule has 0 aliphatic rings. The molecule has 0 bridgehead atoms. The van der Waals surface area contributed by atoms with Gasteiger partial charge in [-0.05, 0) is 30.7 Å². The molecule has 0 unspecified atom stereocenters. The van der Waals surface area contributed by atoms with Gasteiger partial charge in [0.05, 0.1) is 6.42 Å². The van der Waals surface area contributed by atoms with Gasteiger partial charge in [-0.15, -0.1) is 0 Å². The highest BCUT2D eigenvalue weighted by molar-refractivity contribution is 9.11. The van der Waals surface area contributed by atoms with Crippen LogP contribution in [0.4, 0.5) is 0 Å². The fraction of sp³-hybridized carbons (Fsp3) is 0.300. The van der Waals surface area contributed by atoms with Crippen molar-refractivity contribution in [3.63, 3.8) is 0 Å². The van der Waals surface area contributed by atoms with Gasteiger partial charge in [-0.25, -0.2) is 0 Å². The summed E-state index contributed by atoms with van der Waals surface area (Å²) in [4.78, 5) is 11.3. The Balaban J connectivity index is 2.71. The number of rotatable bonds is 3. The van der Waals surface area contributed by atoms with Crippen molar-refractivity contribution in [2.75, 3.05) is 6.54 Å². The second kappa shape index (κ2) is 5.51. The lowest BCUT2D eigenvalue weighted by atomic mass is 10.1. The molecule has 0 aliphatic carbocycles. The summed E-state index contributed by atoms with van der Waals surface area (Å²) in [6, 6.07) is 5.83. The van der Waals surface area contributed by atoms with Gasteiger partial charge < -0.3 is 5.32 Å². The number of hydrogen-bond donors (Lipinski definition) is 1. The second-order valence-corrected chi connectivity index (χ2v) is 4.74. The molecule has 0 fully saturated rings. The lowest BCUT2D eigenvalue weighted by Crippen LogP contribution is -2.24. The quantitative estimate of drug-likeness (QED) is 0.911. The molecule has 1 aromatic rings. The molecule has 2 nitrogen and oxygen atoms in total. The van der Waals surface area contributed by atoms with Crippen LogP contribution in [0.3, 0.4) is 0 Å². The van der Waals surface area contributed by atoms with Crippen LogP contribution in [0.1, 0.15) is 12.5 Å². The standard InChI is InChI=1S/C10H11Br2NO/c1-2-13-10(14)5-7-3-8(11)6-9(12)4-7/h3-4,6H,2,5H2,1H3,(H,13,14). The number of halogens is 2. The molecule has 14 heavy (non-hydrogen) atoms. The van der Waals surface area contributed by atoms with Crippen LogP contribution in [0.15, 0.2) is 27.1 Å². The number of likely N-dealkylation sites (N-methyl/N-ethyl adjacent to an activating group) is 1. The van der Waals surface area contributed by atoms with Gasteiger partial charge in [-0.2, -0.15) is 0 Å². The summed E-state index contributed by atoms with van der Waals surface area (Å²) in [5, 5.41) is 2.76. The Morgan fingerprint density at radius 3 is 2.36 bits per heavy atom. The largest absolute Gasteiger partial charge is 0.356 e. The van der Waals surface area contributed by atoms with E-state index in [1.807, 2.05) is 25.1 Å². The highest BCUT2D eigenvalue weighted by Gasteiger charge is 2.03.